The predicted octanol–water partition coefficient (Wildman–Crippen LogP) is 3.63. The molecular formula is C19H24N6O3S. The Morgan fingerprint density at radius 3 is 2.66 bits per heavy atom. The molecule has 1 saturated carbocycles. The van der Waals surface area contributed by atoms with Crippen molar-refractivity contribution >= 4 is 35.0 Å². The van der Waals surface area contributed by atoms with E-state index in [0.29, 0.717) is 6.04 Å². The fraction of sp³-hybridized carbons (Fsp3) is 0.526. The molecule has 1 saturated heterocycles. The molecule has 29 heavy (non-hydrogen) atoms. The van der Waals surface area contributed by atoms with E-state index in [4.69, 9.17) is 0 Å². The Labute approximate surface area is 173 Å². The van der Waals surface area contributed by atoms with Crippen LogP contribution in [0.15, 0.2) is 29.4 Å². The van der Waals surface area contributed by atoms with Crippen LogP contribution in [0.4, 0.5) is 17.3 Å². The summed E-state index contributed by atoms with van der Waals surface area (Å²) in [5.41, 5.74) is 0.0826. The fourth-order valence-electron chi connectivity index (χ4n) is 3.50. The number of nitrogens with one attached hydrogen (secondary N) is 1. The van der Waals surface area contributed by atoms with Crippen LogP contribution in [-0.2, 0) is 4.79 Å². The maximum Gasteiger partial charge on any atom is 0.292 e. The second kappa shape index (κ2) is 8.40. The van der Waals surface area contributed by atoms with E-state index in [2.05, 4.69) is 25.0 Å². The number of hydrogen-bond donors (Lipinski definition) is 1. The van der Waals surface area contributed by atoms with Crippen molar-refractivity contribution in [3.63, 3.8) is 0 Å². The number of anilines is 2. The second-order valence-corrected chi connectivity index (χ2v) is 8.76. The zero-order chi connectivity index (χ0) is 20.4. The van der Waals surface area contributed by atoms with Gasteiger partial charge in [-0.15, -0.1) is 10.2 Å². The molecule has 0 radical (unpaired) electrons. The molecule has 4 rings (SSSR count). The van der Waals surface area contributed by atoms with Gasteiger partial charge in [-0.05, 0) is 45.1 Å². The number of aromatic nitrogens is 3. The Morgan fingerprint density at radius 2 is 1.97 bits per heavy atom. The number of nitro groups is 1. The topological polar surface area (TPSA) is 106 Å². The average molecular weight is 417 g/mol. The molecule has 0 spiro atoms. The van der Waals surface area contributed by atoms with E-state index >= 15 is 0 Å². The maximum absolute atomic E-state index is 12.7. The molecule has 1 aromatic heterocycles. The lowest BCUT2D eigenvalue weighted by atomic mass is 10.1. The largest absolute Gasteiger partial charge is 0.341 e. The number of hydrogen-bond acceptors (Lipinski definition) is 7. The number of thioether (sulfide) groups is 1. The van der Waals surface area contributed by atoms with Gasteiger partial charge in [-0.25, -0.2) is 0 Å². The monoisotopic (exact) mass is 416 g/mol. The van der Waals surface area contributed by atoms with Crippen LogP contribution in [-0.4, -0.2) is 43.9 Å². The number of nitrogens with zero attached hydrogens (tertiary/aromatic N) is 5. The molecule has 154 valence electrons. The molecule has 0 unspecified atom stereocenters. The van der Waals surface area contributed by atoms with Gasteiger partial charge in [-0.2, -0.15) is 0 Å². The van der Waals surface area contributed by atoms with Gasteiger partial charge in [-0.3, -0.25) is 19.5 Å². The summed E-state index contributed by atoms with van der Waals surface area (Å²) >= 11 is 1.35. The van der Waals surface area contributed by atoms with Gasteiger partial charge in [0, 0.05) is 25.2 Å². The van der Waals surface area contributed by atoms with E-state index in [1.54, 1.807) is 19.1 Å². The van der Waals surface area contributed by atoms with Crippen LogP contribution in [0.5, 0.6) is 0 Å². The summed E-state index contributed by atoms with van der Waals surface area (Å²) in [6.45, 7) is 3.76. The van der Waals surface area contributed by atoms with Crippen molar-refractivity contribution in [1.29, 1.82) is 0 Å². The molecular weight excluding hydrogens is 392 g/mol. The minimum absolute atomic E-state index is 0.119. The smallest absolute Gasteiger partial charge is 0.292 e. The van der Waals surface area contributed by atoms with Gasteiger partial charge in [0.1, 0.15) is 5.69 Å². The number of nitro benzene ring substituents is 1. The van der Waals surface area contributed by atoms with Gasteiger partial charge in [-0.1, -0.05) is 23.9 Å². The van der Waals surface area contributed by atoms with Crippen molar-refractivity contribution in [2.24, 2.45) is 0 Å². The first kappa shape index (κ1) is 19.7. The highest BCUT2D eigenvalue weighted by atomic mass is 32.2. The first-order valence-corrected chi connectivity index (χ1v) is 10.8. The van der Waals surface area contributed by atoms with E-state index in [-0.39, 0.29) is 17.3 Å². The SMILES string of the molecule is C[C@H](Sc1nnc(N2CCCCC2)n1C1CC1)C(=O)Nc1ccccc1[N+](=O)[O-]. The molecule has 2 fully saturated rings. The highest BCUT2D eigenvalue weighted by Crippen LogP contribution is 2.42. The Morgan fingerprint density at radius 1 is 1.24 bits per heavy atom. The van der Waals surface area contributed by atoms with Crippen LogP contribution in [0.2, 0.25) is 0 Å². The third kappa shape index (κ3) is 4.36. The molecule has 0 bridgehead atoms. The number of piperidine rings is 1. The molecule has 1 N–H and O–H groups in total. The highest BCUT2D eigenvalue weighted by molar-refractivity contribution is 8.00. The zero-order valence-electron chi connectivity index (χ0n) is 16.3. The second-order valence-electron chi connectivity index (χ2n) is 7.46. The first-order chi connectivity index (χ1) is 14.0. The highest BCUT2D eigenvalue weighted by Gasteiger charge is 2.33. The standard InChI is InChI=1S/C19H24N6O3S/c1-13(17(26)20-15-7-3-4-8-16(15)25(27)28)29-19-22-21-18(24(19)14-9-10-14)23-11-5-2-6-12-23/h3-4,7-8,13-14H,2,5-6,9-12H2,1H3,(H,20,26)/t13-/m0/s1. The summed E-state index contributed by atoms with van der Waals surface area (Å²) in [5.74, 6) is 0.607. The van der Waals surface area contributed by atoms with Gasteiger partial charge >= 0.3 is 0 Å². The summed E-state index contributed by atoms with van der Waals surface area (Å²) in [6, 6.07) is 6.55. The average Bonchev–Trinajstić information content (AvgIpc) is 3.48. The van der Waals surface area contributed by atoms with E-state index in [1.807, 2.05) is 0 Å². The van der Waals surface area contributed by atoms with Crippen molar-refractivity contribution in [1.82, 2.24) is 14.8 Å². The number of carbonyl (C=O) groups excluding carboxylic acids is 1. The fourth-order valence-corrected chi connectivity index (χ4v) is 4.41. The van der Waals surface area contributed by atoms with Crippen LogP contribution in [0.3, 0.4) is 0 Å². The molecule has 1 amide bonds. The molecule has 1 aliphatic carbocycles. The van der Waals surface area contributed by atoms with Crippen molar-refractivity contribution in [2.75, 3.05) is 23.3 Å². The van der Waals surface area contributed by atoms with E-state index in [0.717, 1.165) is 49.9 Å². The van der Waals surface area contributed by atoms with E-state index in [1.165, 1.54) is 30.3 Å². The van der Waals surface area contributed by atoms with Gasteiger partial charge in [0.2, 0.25) is 11.9 Å². The number of para-hydroxylation sites is 2. The van der Waals surface area contributed by atoms with Crippen LogP contribution < -0.4 is 10.2 Å². The molecule has 9 nitrogen and oxygen atoms in total. The predicted molar refractivity (Wildman–Crippen MR) is 111 cm³/mol. The number of benzene rings is 1. The van der Waals surface area contributed by atoms with Crippen molar-refractivity contribution in [3.05, 3.63) is 34.4 Å². The Kier molecular flexibility index (Phi) is 5.70. The third-order valence-corrected chi connectivity index (χ3v) is 6.26. The summed E-state index contributed by atoms with van der Waals surface area (Å²) in [7, 11) is 0. The minimum atomic E-state index is -0.498. The lowest BCUT2D eigenvalue weighted by molar-refractivity contribution is -0.383. The molecule has 2 aromatic rings. The van der Waals surface area contributed by atoms with Crippen LogP contribution in [0.1, 0.15) is 45.1 Å². The number of rotatable bonds is 7. The van der Waals surface area contributed by atoms with Crippen LogP contribution >= 0.6 is 11.8 Å². The van der Waals surface area contributed by atoms with E-state index in [9.17, 15) is 14.9 Å². The third-order valence-electron chi connectivity index (χ3n) is 5.21. The normalized spacial score (nSPS) is 17.8. The van der Waals surface area contributed by atoms with Crippen LogP contribution in [0, 0.1) is 10.1 Å². The zero-order valence-corrected chi connectivity index (χ0v) is 17.1. The van der Waals surface area contributed by atoms with Crippen molar-refractivity contribution in [2.45, 2.75) is 55.5 Å². The number of amides is 1. The summed E-state index contributed by atoms with van der Waals surface area (Å²) in [4.78, 5) is 25.6. The molecule has 10 heteroatoms. The van der Waals surface area contributed by atoms with Gasteiger partial charge in [0.25, 0.3) is 5.69 Å². The first-order valence-electron chi connectivity index (χ1n) is 9.95. The Bertz CT molecular complexity index is 907. The Balaban J connectivity index is 1.48. The minimum Gasteiger partial charge on any atom is -0.341 e. The molecule has 1 aliphatic heterocycles. The van der Waals surface area contributed by atoms with Crippen molar-refractivity contribution in [3.8, 4) is 0 Å². The molecule has 2 aliphatic rings. The summed E-state index contributed by atoms with van der Waals surface area (Å²) < 4.78 is 2.17. The summed E-state index contributed by atoms with van der Waals surface area (Å²) in [6.07, 6.45) is 5.77. The van der Waals surface area contributed by atoms with Gasteiger partial charge in [0.05, 0.1) is 10.2 Å². The molecule has 2 heterocycles. The summed E-state index contributed by atoms with van der Waals surface area (Å²) in [5, 5.41) is 22.9. The maximum atomic E-state index is 12.7. The molecule has 1 aromatic carbocycles. The molecule has 1 atom stereocenters. The van der Waals surface area contributed by atoms with Crippen LogP contribution in [0.25, 0.3) is 0 Å². The Hall–Kier alpha value is -2.62. The quantitative estimate of drug-likeness (QED) is 0.417. The lowest BCUT2D eigenvalue weighted by Gasteiger charge is -2.28. The number of carbonyl (C=O) groups is 1. The van der Waals surface area contributed by atoms with E-state index < -0.39 is 10.2 Å². The van der Waals surface area contributed by atoms with Gasteiger partial charge in [0.15, 0.2) is 5.16 Å². The van der Waals surface area contributed by atoms with Crippen molar-refractivity contribution < 1.29 is 9.72 Å². The van der Waals surface area contributed by atoms with Gasteiger partial charge < -0.3 is 10.2 Å². The lowest BCUT2D eigenvalue weighted by Crippen LogP contribution is -2.32.